The SMILES string of the molecule is CCCC1NC(=O)CN(CCc2ccnn2C)C1=O. The first kappa shape index (κ1) is 13.6. The lowest BCUT2D eigenvalue weighted by atomic mass is 10.1. The number of carbonyl (C=O) groups excluding carboxylic acids is 2. The van der Waals surface area contributed by atoms with Gasteiger partial charge in [-0.3, -0.25) is 14.3 Å². The zero-order valence-corrected chi connectivity index (χ0v) is 11.4. The van der Waals surface area contributed by atoms with Crippen LogP contribution in [0.3, 0.4) is 0 Å². The number of hydrogen-bond donors (Lipinski definition) is 1. The molecule has 1 unspecified atom stereocenters. The summed E-state index contributed by atoms with van der Waals surface area (Å²) in [5.74, 6) is -0.0355. The Labute approximate surface area is 112 Å². The summed E-state index contributed by atoms with van der Waals surface area (Å²) in [6.07, 6.45) is 4.04. The first-order valence-electron chi connectivity index (χ1n) is 6.67. The van der Waals surface area contributed by atoms with Crippen molar-refractivity contribution in [3.8, 4) is 0 Å². The minimum Gasteiger partial charge on any atom is -0.343 e. The van der Waals surface area contributed by atoms with Gasteiger partial charge in [-0.05, 0) is 12.5 Å². The van der Waals surface area contributed by atoms with Crippen molar-refractivity contribution in [2.75, 3.05) is 13.1 Å². The Balaban J connectivity index is 1.96. The van der Waals surface area contributed by atoms with Gasteiger partial charge in [-0.2, -0.15) is 5.10 Å². The number of hydrogen-bond acceptors (Lipinski definition) is 3. The van der Waals surface area contributed by atoms with E-state index in [1.54, 1.807) is 15.8 Å². The van der Waals surface area contributed by atoms with Crippen LogP contribution in [0.15, 0.2) is 12.3 Å². The summed E-state index contributed by atoms with van der Waals surface area (Å²) in [6, 6.07) is 1.58. The summed E-state index contributed by atoms with van der Waals surface area (Å²) in [5.41, 5.74) is 1.06. The quantitative estimate of drug-likeness (QED) is 0.819. The molecule has 1 saturated heterocycles. The fourth-order valence-corrected chi connectivity index (χ4v) is 2.34. The fourth-order valence-electron chi connectivity index (χ4n) is 2.34. The lowest BCUT2D eigenvalue weighted by Gasteiger charge is -2.32. The van der Waals surface area contributed by atoms with E-state index < -0.39 is 0 Å². The summed E-state index contributed by atoms with van der Waals surface area (Å²) >= 11 is 0. The van der Waals surface area contributed by atoms with E-state index in [-0.39, 0.29) is 24.4 Å². The van der Waals surface area contributed by atoms with Crippen LogP contribution in [0.5, 0.6) is 0 Å². The predicted octanol–water partition coefficient (Wildman–Crippen LogP) is 0.0897. The van der Waals surface area contributed by atoms with Crippen molar-refractivity contribution in [1.82, 2.24) is 20.0 Å². The average Bonchev–Trinajstić information content (AvgIpc) is 2.77. The van der Waals surface area contributed by atoms with Crippen molar-refractivity contribution in [2.45, 2.75) is 32.2 Å². The van der Waals surface area contributed by atoms with Crippen molar-refractivity contribution >= 4 is 11.8 Å². The maximum atomic E-state index is 12.2. The first-order valence-corrected chi connectivity index (χ1v) is 6.67. The topological polar surface area (TPSA) is 67.2 Å². The first-order chi connectivity index (χ1) is 9.11. The van der Waals surface area contributed by atoms with Gasteiger partial charge in [0.2, 0.25) is 11.8 Å². The van der Waals surface area contributed by atoms with Gasteiger partial charge in [0, 0.05) is 31.9 Å². The van der Waals surface area contributed by atoms with Crippen molar-refractivity contribution in [3.05, 3.63) is 18.0 Å². The van der Waals surface area contributed by atoms with Gasteiger partial charge in [-0.15, -0.1) is 0 Å². The molecule has 1 atom stereocenters. The molecule has 2 amide bonds. The van der Waals surface area contributed by atoms with Crippen LogP contribution in [-0.2, 0) is 23.1 Å². The second-order valence-corrected chi connectivity index (χ2v) is 4.86. The molecule has 2 rings (SSSR count). The third kappa shape index (κ3) is 3.13. The third-order valence-corrected chi connectivity index (χ3v) is 3.42. The number of aryl methyl sites for hydroxylation is 1. The average molecular weight is 264 g/mol. The molecule has 0 aliphatic carbocycles. The number of amides is 2. The molecule has 6 heteroatoms. The van der Waals surface area contributed by atoms with Crippen molar-refractivity contribution in [2.24, 2.45) is 7.05 Å². The maximum Gasteiger partial charge on any atom is 0.245 e. The Kier molecular flexibility index (Phi) is 4.19. The smallest absolute Gasteiger partial charge is 0.245 e. The van der Waals surface area contributed by atoms with Crippen molar-refractivity contribution in [3.63, 3.8) is 0 Å². The lowest BCUT2D eigenvalue weighted by molar-refractivity contribution is -0.144. The second kappa shape index (κ2) is 5.86. The molecule has 1 fully saturated rings. The minimum atomic E-state index is -0.349. The molecule has 19 heavy (non-hydrogen) atoms. The summed E-state index contributed by atoms with van der Waals surface area (Å²) < 4.78 is 1.79. The van der Waals surface area contributed by atoms with E-state index in [1.165, 1.54) is 0 Å². The van der Waals surface area contributed by atoms with Crippen LogP contribution in [0.4, 0.5) is 0 Å². The molecule has 0 saturated carbocycles. The standard InChI is InChI=1S/C13H20N4O2/c1-3-4-11-13(19)17(9-12(18)15-11)8-6-10-5-7-14-16(10)2/h5,7,11H,3-4,6,8-9H2,1-2H3,(H,15,18). The van der Waals surface area contributed by atoms with E-state index in [2.05, 4.69) is 10.4 Å². The van der Waals surface area contributed by atoms with Crippen LogP contribution in [0.1, 0.15) is 25.5 Å². The Morgan fingerprint density at radius 2 is 2.26 bits per heavy atom. The van der Waals surface area contributed by atoms with E-state index in [0.717, 1.165) is 12.1 Å². The number of carbonyl (C=O) groups is 2. The zero-order chi connectivity index (χ0) is 13.8. The van der Waals surface area contributed by atoms with Gasteiger partial charge >= 0.3 is 0 Å². The van der Waals surface area contributed by atoms with Crippen molar-refractivity contribution in [1.29, 1.82) is 0 Å². The summed E-state index contributed by atoms with van der Waals surface area (Å²) in [6.45, 7) is 2.73. The number of piperazine rings is 1. The normalized spacial score (nSPS) is 19.7. The highest BCUT2D eigenvalue weighted by Crippen LogP contribution is 2.09. The maximum absolute atomic E-state index is 12.2. The van der Waals surface area contributed by atoms with Gasteiger partial charge in [0.05, 0.1) is 6.54 Å². The van der Waals surface area contributed by atoms with Crippen LogP contribution in [-0.4, -0.2) is 45.6 Å². The molecule has 2 heterocycles. The molecule has 1 aromatic heterocycles. The number of rotatable bonds is 5. The molecule has 1 N–H and O–H groups in total. The van der Waals surface area contributed by atoms with E-state index in [9.17, 15) is 9.59 Å². The Hall–Kier alpha value is -1.85. The molecule has 104 valence electrons. The molecule has 0 aromatic carbocycles. The highest BCUT2D eigenvalue weighted by Gasteiger charge is 2.31. The molecule has 6 nitrogen and oxygen atoms in total. The van der Waals surface area contributed by atoms with Crippen molar-refractivity contribution < 1.29 is 9.59 Å². The highest BCUT2D eigenvalue weighted by atomic mass is 16.2. The monoisotopic (exact) mass is 264 g/mol. The zero-order valence-electron chi connectivity index (χ0n) is 11.4. The molecule has 1 aliphatic rings. The molecule has 1 aliphatic heterocycles. The number of nitrogens with one attached hydrogen (secondary N) is 1. The van der Waals surface area contributed by atoms with Crippen LogP contribution in [0, 0.1) is 0 Å². The van der Waals surface area contributed by atoms with Crippen LogP contribution in [0.25, 0.3) is 0 Å². The molecular weight excluding hydrogens is 244 g/mol. The van der Waals surface area contributed by atoms with Crippen LogP contribution in [0.2, 0.25) is 0 Å². The van der Waals surface area contributed by atoms with Gasteiger partial charge in [-0.25, -0.2) is 0 Å². The van der Waals surface area contributed by atoms with Gasteiger partial charge in [0.25, 0.3) is 0 Å². The lowest BCUT2D eigenvalue weighted by Crippen LogP contribution is -2.58. The van der Waals surface area contributed by atoms with Crippen LogP contribution >= 0.6 is 0 Å². The van der Waals surface area contributed by atoms with Crippen LogP contribution < -0.4 is 5.32 Å². The predicted molar refractivity (Wildman–Crippen MR) is 70.3 cm³/mol. The second-order valence-electron chi connectivity index (χ2n) is 4.86. The Bertz CT molecular complexity index is 469. The molecule has 0 spiro atoms. The van der Waals surface area contributed by atoms with E-state index in [0.29, 0.717) is 19.4 Å². The van der Waals surface area contributed by atoms with E-state index >= 15 is 0 Å². The molecule has 1 aromatic rings. The molecule has 0 bridgehead atoms. The molecule has 0 radical (unpaired) electrons. The van der Waals surface area contributed by atoms with Gasteiger partial charge in [0.1, 0.15) is 6.04 Å². The largest absolute Gasteiger partial charge is 0.343 e. The summed E-state index contributed by atoms with van der Waals surface area (Å²) in [5, 5.41) is 6.85. The fraction of sp³-hybridized carbons (Fsp3) is 0.615. The van der Waals surface area contributed by atoms with Gasteiger partial charge in [0.15, 0.2) is 0 Å². The van der Waals surface area contributed by atoms with E-state index in [1.807, 2.05) is 20.0 Å². The number of nitrogens with zero attached hydrogens (tertiary/aromatic N) is 3. The summed E-state index contributed by atoms with van der Waals surface area (Å²) in [4.78, 5) is 25.4. The third-order valence-electron chi connectivity index (χ3n) is 3.42. The van der Waals surface area contributed by atoms with Gasteiger partial charge in [-0.1, -0.05) is 13.3 Å². The highest BCUT2D eigenvalue weighted by molar-refractivity contribution is 5.94. The molecular formula is C13H20N4O2. The minimum absolute atomic E-state index is 0.0311. The van der Waals surface area contributed by atoms with E-state index in [4.69, 9.17) is 0 Å². The number of aromatic nitrogens is 2. The Morgan fingerprint density at radius 1 is 1.47 bits per heavy atom. The van der Waals surface area contributed by atoms with Gasteiger partial charge < -0.3 is 10.2 Å². The Morgan fingerprint density at radius 3 is 2.89 bits per heavy atom. The summed E-state index contributed by atoms with van der Waals surface area (Å²) in [7, 11) is 1.87.